The lowest BCUT2D eigenvalue weighted by Crippen LogP contribution is -2.48. The van der Waals surface area contributed by atoms with Crippen molar-refractivity contribution < 1.29 is 17.9 Å². The van der Waals surface area contributed by atoms with Crippen molar-refractivity contribution in [1.82, 2.24) is 4.90 Å². The summed E-state index contributed by atoms with van der Waals surface area (Å²) < 4.78 is 43.3. The third-order valence-electron chi connectivity index (χ3n) is 3.63. The maximum atomic E-state index is 12.5. The van der Waals surface area contributed by atoms with Crippen molar-refractivity contribution in [2.45, 2.75) is 50.6 Å². The van der Waals surface area contributed by atoms with E-state index in [9.17, 15) is 13.2 Å². The number of likely N-dealkylation sites (tertiary alicyclic amines) is 1. The Bertz CT molecular complexity index is 240. The molecule has 5 heteroatoms. The Balaban J connectivity index is 1.82. The topological polar surface area (TPSA) is 12.5 Å². The molecule has 0 radical (unpaired) electrons. The van der Waals surface area contributed by atoms with Crippen LogP contribution in [0.25, 0.3) is 0 Å². The smallest absolute Gasteiger partial charge is 0.360 e. The first kappa shape index (κ1) is 12.2. The molecule has 0 N–H and O–H groups in total. The Hall–Kier alpha value is -0.290. The van der Waals surface area contributed by atoms with Gasteiger partial charge in [0.25, 0.3) is 0 Å². The predicted octanol–water partition coefficient (Wildman–Crippen LogP) is 2.79. The molecule has 1 aliphatic heterocycles. The Morgan fingerprint density at radius 2 is 1.81 bits per heavy atom. The third kappa shape index (κ3) is 2.69. The fourth-order valence-electron chi connectivity index (χ4n) is 2.29. The molecule has 1 saturated heterocycles. The molecule has 16 heavy (non-hydrogen) atoms. The monoisotopic (exact) mass is 237 g/mol. The van der Waals surface area contributed by atoms with Crippen LogP contribution in [-0.2, 0) is 4.74 Å². The minimum absolute atomic E-state index is 0.0703. The van der Waals surface area contributed by atoms with E-state index in [1.54, 1.807) is 11.9 Å². The summed E-state index contributed by atoms with van der Waals surface area (Å²) in [5, 5.41) is 0. The highest BCUT2D eigenvalue weighted by Crippen LogP contribution is 2.36. The van der Waals surface area contributed by atoms with E-state index in [-0.39, 0.29) is 25.3 Å². The summed E-state index contributed by atoms with van der Waals surface area (Å²) in [4.78, 5) is 1.71. The minimum atomic E-state index is -4.06. The van der Waals surface area contributed by atoms with Crippen LogP contribution in [0.5, 0.6) is 0 Å². The molecule has 1 heterocycles. The van der Waals surface area contributed by atoms with Gasteiger partial charge in [-0.15, -0.1) is 0 Å². The quantitative estimate of drug-likeness (QED) is 0.732. The molecule has 0 amide bonds. The van der Waals surface area contributed by atoms with Crippen LogP contribution in [0.15, 0.2) is 0 Å². The number of hydrogen-bond acceptors (Lipinski definition) is 2. The molecule has 0 aromatic carbocycles. The minimum Gasteiger partial charge on any atom is -0.360 e. The van der Waals surface area contributed by atoms with E-state index in [1.807, 2.05) is 0 Å². The van der Waals surface area contributed by atoms with E-state index < -0.39 is 12.1 Å². The van der Waals surface area contributed by atoms with Gasteiger partial charge in [0.1, 0.15) is 6.23 Å². The average Bonchev–Trinajstić information content (AvgIpc) is 2.11. The molecule has 0 aromatic heterocycles. The van der Waals surface area contributed by atoms with Gasteiger partial charge in [-0.1, -0.05) is 0 Å². The van der Waals surface area contributed by atoms with E-state index in [1.165, 1.54) is 6.42 Å². The molecular formula is C11H18F3NO. The van der Waals surface area contributed by atoms with Crippen LogP contribution in [-0.4, -0.2) is 37.0 Å². The number of piperidine rings is 1. The van der Waals surface area contributed by atoms with E-state index in [2.05, 4.69) is 0 Å². The normalized spacial score (nSPS) is 33.8. The molecule has 2 nitrogen and oxygen atoms in total. The maximum Gasteiger partial charge on any atom is 0.393 e. The van der Waals surface area contributed by atoms with Crippen molar-refractivity contribution in [2.24, 2.45) is 5.92 Å². The van der Waals surface area contributed by atoms with Crippen molar-refractivity contribution >= 4 is 0 Å². The molecule has 2 aliphatic rings. The molecule has 94 valence electrons. The van der Waals surface area contributed by atoms with Crippen molar-refractivity contribution in [3.05, 3.63) is 0 Å². The SMILES string of the molecule is CN1CC(C(F)(F)F)CCC1OC1CCC1. The zero-order valence-electron chi connectivity index (χ0n) is 9.46. The first-order valence-electron chi connectivity index (χ1n) is 5.89. The Morgan fingerprint density at radius 3 is 2.25 bits per heavy atom. The van der Waals surface area contributed by atoms with Crippen LogP contribution in [0.2, 0.25) is 0 Å². The summed E-state index contributed by atoms with van der Waals surface area (Å²) in [7, 11) is 1.72. The summed E-state index contributed by atoms with van der Waals surface area (Å²) in [6, 6.07) is 0. The fraction of sp³-hybridized carbons (Fsp3) is 1.00. The summed E-state index contributed by atoms with van der Waals surface area (Å²) >= 11 is 0. The Kier molecular flexibility index (Phi) is 3.45. The summed E-state index contributed by atoms with van der Waals surface area (Å²) in [6.07, 6.45) is 0.128. The summed E-state index contributed by atoms with van der Waals surface area (Å²) in [6.45, 7) is 0.0703. The molecule has 2 unspecified atom stereocenters. The first-order chi connectivity index (χ1) is 7.47. The number of rotatable bonds is 2. The predicted molar refractivity (Wildman–Crippen MR) is 53.9 cm³/mol. The van der Waals surface area contributed by atoms with Gasteiger partial charge in [-0.05, 0) is 39.2 Å². The molecule has 2 atom stereocenters. The van der Waals surface area contributed by atoms with Crippen LogP contribution < -0.4 is 0 Å². The van der Waals surface area contributed by atoms with Gasteiger partial charge >= 0.3 is 6.18 Å². The molecule has 1 aliphatic carbocycles. The van der Waals surface area contributed by atoms with Gasteiger partial charge in [0, 0.05) is 6.54 Å². The lowest BCUT2D eigenvalue weighted by atomic mass is 9.94. The number of hydrogen-bond donors (Lipinski definition) is 0. The molecular weight excluding hydrogens is 219 g/mol. The van der Waals surface area contributed by atoms with Crippen LogP contribution in [0.4, 0.5) is 13.2 Å². The second-order valence-corrected chi connectivity index (χ2v) is 4.90. The lowest BCUT2D eigenvalue weighted by Gasteiger charge is -2.40. The van der Waals surface area contributed by atoms with Gasteiger partial charge in [-0.2, -0.15) is 13.2 Å². The fourth-order valence-corrected chi connectivity index (χ4v) is 2.29. The maximum absolute atomic E-state index is 12.5. The molecule has 2 fully saturated rings. The summed E-state index contributed by atoms with van der Waals surface area (Å²) in [5.41, 5.74) is 0. The molecule has 0 aromatic rings. The Labute approximate surface area is 93.7 Å². The molecule has 2 rings (SSSR count). The number of halogens is 3. The molecule has 0 bridgehead atoms. The second kappa shape index (κ2) is 4.53. The largest absolute Gasteiger partial charge is 0.393 e. The zero-order chi connectivity index (χ0) is 11.8. The van der Waals surface area contributed by atoms with Crippen molar-refractivity contribution in [1.29, 1.82) is 0 Å². The van der Waals surface area contributed by atoms with Crippen LogP contribution in [0.1, 0.15) is 32.1 Å². The number of alkyl halides is 3. The Morgan fingerprint density at radius 1 is 1.12 bits per heavy atom. The van der Waals surface area contributed by atoms with Gasteiger partial charge in [0.2, 0.25) is 0 Å². The standard InChI is InChI=1S/C11H18F3NO/c1-15-7-8(11(12,13)14)5-6-10(15)16-9-3-2-4-9/h8-10H,2-7H2,1H3. The highest BCUT2D eigenvalue weighted by atomic mass is 19.4. The first-order valence-corrected chi connectivity index (χ1v) is 5.89. The van der Waals surface area contributed by atoms with Gasteiger partial charge in [0.15, 0.2) is 0 Å². The van der Waals surface area contributed by atoms with E-state index in [0.717, 1.165) is 12.8 Å². The van der Waals surface area contributed by atoms with Crippen LogP contribution in [0.3, 0.4) is 0 Å². The van der Waals surface area contributed by atoms with Crippen molar-refractivity contribution in [3.8, 4) is 0 Å². The van der Waals surface area contributed by atoms with Gasteiger partial charge in [0.05, 0.1) is 12.0 Å². The third-order valence-corrected chi connectivity index (χ3v) is 3.63. The number of nitrogens with zero attached hydrogens (tertiary/aromatic N) is 1. The second-order valence-electron chi connectivity index (χ2n) is 4.90. The van der Waals surface area contributed by atoms with Crippen LogP contribution in [0, 0.1) is 5.92 Å². The molecule has 1 saturated carbocycles. The van der Waals surface area contributed by atoms with E-state index in [0.29, 0.717) is 6.42 Å². The van der Waals surface area contributed by atoms with Gasteiger partial charge in [-0.25, -0.2) is 0 Å². The van der Waals surface area contributed by atoms with Gasteiger partial charge < -0.3 is 4.74 Å². The van der Waals surface area contributed by atoms with Crippen LogP contribution >= 0.6 is 0 Å². The highest BCUT2D eigenvalue weighted by molar-refractivity contribution is 4.81. The van der Waals surface area contributed by atoms with E-state index in [4.69, 9.17) is 4.74 Å². The van der Waals surface area contributed by atoms with Crippen molar-refractivity contribution in [3.63, 3.8) is 0 Å². The summed E-state index contributed by atoms with van der Waals surface area (Å²) in [5.74, 6) is -1.18. The highest BCUT2D eigenvalue weighted by Gasteiger charge is 2.43. The number of ether oxygens (including phenoxy) is 1. The van der Waals surface area contributed by atoms with E-state index >= 15 is 0 Å². The molecule has 0 spiro atoms. The average molecular weight is 237 g/mol. The zero-order valence-corrected chi connectivity index (χ0v) is 9.46. The lowest BCUT2D eigenvalue weighted by molar-refractivity contribution is -0.211. The van der Waals surface area contributed by atoms with Gasteiger partial charge in [-0.3, -0.25) is 4.90 Å². The van der Waals surface area contributed by atoms with Crippen molar-refractivity contribution in [2.75, 3.05) is 13.6 Å².